The minimum Gasteiger partial charge on any atom is -0.491 e. The van der Waals surface area contributed by atoms with Crippen LogP contribution in [0.2, 0.25) is 0 Å². The van der Waals surface area contributed by atoms with Gasteiger partial charge in [0.05, 0.1) is 12.7 Å². The molecule has 0 aliphatic carbocycles. The first-order chi connectivity index (χ1) is 9.15. The zero-order valence-corrected chi connectivity index (χ0v) is 12.2. The van der Waals surface area contributed by atoms with Crippen LogP contribution in [0.1, 0.15) is 32.3 Å². The van der Waals surface area contributed by atoms with E-state index in [0.29, 0.717) is 5.92 Å². The van der Waals surface area contributed by atoms with Gasteiger partial charge >= 0.3 is 0 Å². The number of hydrogen-bond donors (Lipinski definition) is 1. The van der Waals surface area contributed by atoms with E-state index in [0.717, 1.165) is 25.5 Å². The van der Waals surface area contributed by atoms with E-state index in [9.17, 15) is 0 Å². The van der Waals surface area contributed by atoms with E-state index in [1.54, 1.807) is 0 Å². The smallest absolute Gasteiger partial charge is 0.120 e. The highest BCUT2D eigenvalue weighted by Gasteiger charge is 2.13. The highest BCUT2D eigenvalue weighted by Crippen LogP contribution is 2.23. The molecule has 0 aromatic heterocycles. The van der Waals surface area contributed by atoms with Crippen molar-refractivity contribution in [2.75, 3.05) is 25.1 Å². The fraction of sp³-hybridized carbons (Fsp3) is 0.625. The molecule has 1 aliphatic rings. The molecule has 1 N–H and O–H groups in total. The summed E-state index contributed by atoms with van der Waals surface area (Å²) in [4.78, 5) is 0. The van der Waals surface area contributed by atoms with E-state index in [-0.39, 0.29) is 6.10 Å². The van der Waals surface area contributed by atoms with E-state index in [4.69, 9.17) is 9.47 Å². The Morgan fingerprint density at radius 3 is 2.89 bits per heavy atom. The Kier molecular flexibility index (Phi) is 5.08. The van der Waals surface area contributed by atoms with E-state index in [1.807, 2.05) is 19.9 Å². The van der Waals surface area contributed by atoms with Gasteiger partial charge in [-0.2, -0.15) is 0 Å². The van der Waals surface area contributed by atoms with Crippen molar-refractivity contribution in [1.82, 2.24) is 0 Å². The van der Waals surface area contributed by atoms with Crippen LogP contribution < -0.4 is 10.1 Å². The zero-order chi connectivity index (χ0) is 13.7. The molecular weight excluding hydrogens is 238 g/mol. The molecule has 0 saturated carbocycles. The fourth-order valence-electron chi connectivity index (χ4n) is 2.40. The van der Waals surface area contributed by atoms with Crippen molar-refractivity contribution in [3.8, 4) is 5.75 Å². The summed E-state index contributed by atoms with van der Waals surface area (Å²) in [5.41, 5.74) is 2.43. The summed E-state index contributed by atoms with van der Waals surface area (Å²) in [5.74, 6) is 1.58. The molecule has 0 amide bonds. The van der Waals surface area contributed by atoms with Gasteiger partial charge in [-0.25, -0.2) is 0 Å². The second kappa shape index (κ2) is 6.80. The highest BCUT2D eigenvalue weighted by atomic mass is 16.5. The lowest BCUT2D eigenvalue weighted by Gasteiger charge is -2.23. The van der Waals surface area contributed by atoms with Crippen molar-refractivity contribution in [2.45, 2.75) is 39.7 Å². The maximum Gasteiger partial charge on any atom is 0.120 e. The second-order valence-corrected chi connectivity index (χ2v) is 5.61. The highest BCUT2D eigenvalue weighted by molar-refractivity contribution is 5.53. The lowest BCUT2D eigenvalue weighted by Crippen LogP contribution is -2.24. The van der Waals surface area contributed by atoms with Crippen LogP contribution >= 0.6 is 0 Å². The monoisotopic (exact) mass is 263 g/mol. The van der Waals surface area contributed by atoms with Crippen molar-refractivity contribution in [3.05, 3.63) is 23.8 Å². The lowest BCUT2D eigenvalue weighted by molar-refractivity contribution is 0.0595. The van der Waals surface area contributed by atoms with E-state index < -0.39 is 0 Å². The Morgan fingerprint density at radius 2 is 2.26 bits per heavy atom. The van der Waals surface area contributed by atoms with Crippen LogP contribution in [0, 0.1) is 12.8 Å². The number of nitrogens with one attached hydrogen (secondary N) is 1. The van der Waals surface area contributed by atoms with Crippen molar-refractivity contribution in [1.29, 1.82) is 0 Å². The van der Waals surface area contributed by atoms with Crippen molar-refractivity contribution in [2.24, 2.45) is 5.92 Å². The van der Waals surface area contributed by atoms with Crippen LogP contribution in [-0.2, 0) is 4.74 Å². The molecule has 1 saturated heterocycles. The van der Waals surface area contributed by atoms with E-state index in [2.05, 4.69) is 24.4 Å². The molecule has 1 aromatic carbocycles. The second-order valence-electron chi connectivity index (χ2n) is 5.61. The topological polar surface area (TPSA) is 30.5 Å². The fourth-order valence-corrected chi connectivity index (χ4v) is 2.40. The molecule has 1 heterocycles. The summed E-state index contributed by atoms with van der Waals surface area (Å²) in [6.45, 7) is 9.02. The van der Waals surface area contributed by atoms with Crippen LogP contribution in [-0.4, -0.2) is 25.9 Å². The van der Waals surface area contributed by atoms with Crippen LogP contribution in [0.25, 0.3) is 0 Å². The Bertz CT molecular complexity index is 398. The summed E-state index contributed by atoms with van der Waals surface area (Å²) < 4.78 is 11.2. The summed E-state index contributed by atoms with van der Waals surface area (Å²) in [7, 11) is 0. The zero-order valence-electron chi connectivity index (χ0n) is 12.2. The van der Waals surface area contributed by atoms with Crippen molar-refractivity contribution >= 4 is 5.69 Å². The molecule has 0 spiro atoms. The summed E-state index contributed by atoms with van der Waals surface area (Å²) >= 11 is 0. The molecule has 2 rings (SSSR count). The molecule has 1 atom stereocenters. The number of anilines is 1. The normalized spacial score (nSPS) is 19.5. The largest absolute Gasteiger partial charge is 0.491 e. The first kappa shape index (κ1) is 14.2. The Morgan fingerprint density at radius 1 is 1.42 bits per heavy atom. The molecule has 1 aromatic rings. The van der Waals surface area contributed by atoms with Gasteiger partial charge in [0.1, 0.15) is 5.75 Å². The van der Waals surface area contributed by atoms with Crippen molar-refractivity contribution in [3.63, 3.8) is 0 Å². The van der Waals surface area contributed by atoms with Gasteiger partial charge in [0.15, 0.2) is 0 Å². The number of rotatable bonds is 5. The molecular formula is C16H25NO2. The van der Waals surface area contributed by atoms with Gasteiger partial charge in [-0.05, 0) is 63.3 Å². The molecule has 1 unspecified atom stereocenters. The molecule has 19 heavy (non-hydrogen) atoms. The standard InChI is InChI=1S/C16H25NO2/c1-12(2)19-15-6-7-16(13(3)9-15)17-10-14-5-4-8-18-11-14/h6-7,9,12,14,17H,4-5,8,10-11H2,1-3H3. The third-order valence-electron chi connectivity index (χ3n) is 3.41. The molecule has 1 fully saturated rings. The molecule has 106 valence electrons. The van der Waals surface area contributed by atoms with Crippen LogP contribution in [0.15, 0.2) is 18.2 Å². The first-order valence-electron chi connectivity index (χ1n) is 7.24. The maximum absolute atomic E-state index is 5.70. The predicted molar refractivity (Wildman–Crippen MR) is 79.0 cm³/mol. The molecule has 0 bridgehead atoms. The third-order valence-corrected chi connectivity index (χ3v) is 3.41. The minimum atomic E-state index is 0.220. The van der Waals surface area contributed by atoms with Gasteiger partial charge in [-0.15, -0.1) is 0 Å². The van der Waals surface area contributed by atoms with Gasteiger partial charge in [-0.1, -0.05) is 0 Å². The van der Waals surface area contributed by atoms with Crippen LogP contribution in [0.5, 0.6) is 5.75 Å². The molecule has 3 nitrogen and oxygen atoms in total. The number of benzene rings is 1. The van der Waals surface area contributed by atoms with Crippen LogP contribution in [0.4, 0.5) is 5.69 Å². The maximum atomic E-state index is 5.70. The molecule has 0 radical (unpaired) electrons. The van der Waals surface area contributed by atoms with Gasteiger partial charge in [0.2, 0.25) is 0 Å². The van der Waals surface area contributed by atoms with Crippen LogP contribution in [0.3, 0.4) is 0 Å². The van der Waals surface area contributed by atoms with Gasteiger partial charge in [-0.3, -0.25) is 0 Å². The van der Waals surface area contributed by atoms with Gasteiger partial charge < -0.3 is 14.8 Å². The summed E-state index contributed by atoms with van der Waals surface area (Å²) in [5, 5.41) is 3.53. The lowest BCUT2D eigenvalue weighted by atomic mass is 10.0. The Balaban J connectivity index is 1.89. The Labute approximate surface area is 116 Å². The van der Waals surface area contributed by atoms with E-state index >= 15 is 0 Å². The average Bonchev–Trinajstić information content (AvgIpc) is 2.38. The first-order valence-corrected chi connectivity index (χ1v) is 7.24. The minimum absolute atomic E-state index is 0.220. The number of aryl methyl sites for hydroxylation is 1. The number of ether oxygens (including phenoxy) is 2. The Hall–Kier alpha value is -1.22. The third kappa shape index (κ3) is 4.43. The number of hydrogen-bond acceptors (Lipinski definition) is 3. The van der Waals surface area contributed by atoms with Gasteiger partial charge in [0.25, 0.3) is 0 Å². The quantitative estimate of drug-likeness (QED) is 0.880. The van der Waals surface area contributed by atoms with Gasteiger partial charge in [0, 0.05) is 18.8 Å². The summed E-state index contributed by atoms with van der Waals surface area (Å²) in [6, 6.07) is 6.24. The van der Waals surface area contributed by atoms with E-state index in [1.165, 1.54) is 24.1 Å². The average molecular weight is 263 g/mol. The molecule has 1 aliphatic heterocycles. The predicted octanol–water partition coefficient (Wildman–Crippen LogP) is 3.62. The molecule has 3 heteroatoms. The summed E-state index contributed by atoms with van der Waals surface area (Å²) in [6.07, 6.45) is 2.67. The van der Waals surface area contributed by atoms with Crippen molar-refractivity contribution < 1.29 is 9.47 Å². The SMILES string of the molecule is Cc1cc(OC(C)C)ccc1NCC1CCCOC1.